The molecule has 1 aliphatic rings. The van der Waals surface area contributed by atoms with Crippen LogP contribution in [-0.4, -0.2) is 25.2 Å². The van der Waals surface area contributed by atoms with Crippen LogP contribution in [0.4, 0.5) is 0 Å². The highest BCUT2D eigenvalue weighted by molar-refractivity contribution is 7.89. The van der Waals surface area contributed by atoms with Crippen molar-refractivity contribution in [1.82, 2.24) is 9.71 Å². The quantitative estimate of drug-likeness (QED) is 0.900. The van der Waals surface area contributed by atoms with Crippen LogP contribution in [0.25, 0.3) is 0 Å². The summed E-state index contributed by atoms with van der Waals surface area (Å²) in [5, 5.41) is 0. The van der Waals surface area contributed by atoms with E-state index in [1.807, 2.05) is 12.1 Å². The Morgan fingerprint density at radius 3 is 2.63 bits per heavy atom. The van der Waals surface area contributed by atoms with Crippen molar-refractivity contribution in [1.29, 1.82) is 0 Å². The second-order valence-electron chi connectivity index (χ2n) is 6.15. The second kappa shape index (κ2) is 5.59. The molecule has 0 spiro atoms. The number of aromatic nitrogens is 1. The molecule has 0 aromatic carbocycles. The molecule has 1 N–H and O–H groups in total. The lowest BCUT2D eigenvalue weighted by molar-refractivity contribution is 0.372. The number of aryl methyl sites for hydroxylation is 1. The summed E-state index contributed by atoms with van der Waals surface area (Å²) in [5.41, 5.74) is 1.27. The molecule has 0 amide bonds. The largest absolute Gasteiger partial charge is 0.265 e. The van der Waals surface area contributed by atoms with Gasteiger partial charge in [-0.1, -0.05) is 13.8 Å². The van der Waals surface area contributed by atoms with Gasteiger partial charge in [0.25, 0.3) is 0 Å². The Balaban J connectivity index is 1.86. The molecule has 2 rings (SSSR count). The van der Waals surface area contributed by atoms with E-state index in [9.17, 15) is 8.42 Å². The maximum atomic E-state index is 12.0. The predicted molar refractivity (Wildman–Crippen MR) is 76.3 cm³/mol. The Bertz CT molecular complexity index is 512. The third kappa shape index (κ3) is 4.58. The van der Waals surface area contributed by atoms with Gasteiger partial charge in [-0.3, -0.25) is 4.98 Å². The van der Waals surface area contributed by atoms with E-state index in [0.717, 1.165) is 24.8 Å². The van der Waals surface area contributed by atoms with Crippen LogP contribution in [0.5, 0.6) is 0 Å². The van der Waals surface area contributed by atoms with Gasteiger partial charge in [-0.15, -0.1) is 0 Å². The number of nitrogens with one attached hydrogen (secondary N) is 1. The van der Waals surface area contributed by atoms with E-state index >= 15 is 0 Å². The summed E-state index contributed by atoms with van der Waals surface area (Å²) in [6, 6.07) is 3.82. The van der Waals surface area contributed by atoms with Gasteiger partial charge in [-0.2, -0.15) is 0 Å². The lowest BCUT2D eigenvalue weighted by Gasteiger charge is -2.17. The molecule has 5 heteroatoms. The Kier molecular flexibility index (Phi) is 4.26. The summed E-state index contributed by atoms with van der Waals surface area (Å²) < 4.78 is 26.9. The highest BCUT2D eigenvalue weighted by Crippen LogP contribution is 2.37. The minimum atomic E-state index is -3.18. The fourth-order valence-electron chi connectivity index (χ4n) is 2.65. The molecule has 0 saturated heterocycles. The van der Waals surface area contributed by atoms with E-state index in [2.05, 4.69) is 23.6 Å². The summed E-state index contributed by atoms with van der Waals surface area (Å²) in [6.45, 7) is 4.39. The predicted octanol–water partition coefficient (Wildman–Crippen LogP) is 2.12. The molecule has 1 aromatic rings. The van der Waals surface area contributed by atoms with Gasteiger partial charge in [0.1, 0.15) is 0 Å². The smallest absolute Gasteiger partial charge is 0.212 e. The molecule has 1 aliphatic carbocycles. The first-order valence-electron chi connectivity index (χ1n) is 6.75. The number of pyridine rings is 1. The number of rotatable bonds is 5. The van der Waals surface area contributed by atoms with Crippen molar-refractivity contribution in [3.63, 3.8) is 0 Å². The Hall–Kier alpha value is -0.940. The first kappa shape index (κ1) is 14.5. The monoisotopic (exact) mass is 282 g/mol. The van der Waals surface area contributed by atoms with Crippen molar-refractivity contribution in [2.45, 2.75) is 45.6 Å². The molecule has 106 valence electrons. The summed E-state index contributed by atoms with van der Waals surface area (Å²) >= 11 is 0. The Labute approximate surface area is 115 Å². The first-order valence-corrected chi connectivity index (χ1v) is 8.40. The van der Waals surface area contributed by atoms with Crippen molar-refractivity contribution >= 4 is 10.0 Å². The Morgan fingerprint density at radius 1 is 1.37 bits per heavy atom. The van der Waals surface area contributed by atoms with Crippen LogP contribution < -0.4 is 4.72 Å². The van der Waals surface area contributed by atoms with E-state index in [0.29, 0.717) is 6.42 Å². The van der Waals surface area contributed by atoms with Crippen molar-refractivity contribution in [3.05, 3.63) is 30.1 Å². The minimum absolute atomic E-state index is 0.109. The number of hydrogen-bond acceptors (Lipinski definition) is 3. The van der Waals surface area contributed by atoms with E-state index in [1.165, 1.54) is 0 Å². The van der Waals surface area contributed by atoms with Crippen LogP contribution in [-0.2, 0) is 16.4 Å². The molecule has 4 nitrogen and oxygen atoms in total. The maximum absolute atomic E-state index is 12.0. The standard InChI is InChI=1S/C14H22N2O2S/c1-14(2)7-3-13(11-14)16-19(17,18)10-6-12-4-8-15-9-5-12/h4-5,8-9,13,16H,3,6-7,10-11H2,1-2H3. The molecule has 1 aromatic heterocycles. The third-order valence-corrected chi connectivity index (χ3v) is 5.16. The van der Waals surface area contributed by atoms with E-state index in [1.54, 1.807) is 12.4 Å². The molecule has 0 radical (unpaired) electrons. The Morgan fingerprint density at radius 2 is 2.05 bits per heavy atom. The van der Waals surface area contributed by atoms with Crippen LogP contribution in [0.1, 0.15) is 38.7 Å². The molecule has 0 bridgehead atoms. The molecule has 1 saturated carbocycles. The zero-order valence-corrected chi connectivity index (χ0v) is 12.4. The lowest BCUT2D eigenvalue weighted by Crippen LogP contribution is -2.35. The van der Waals surface area contributed by atoms with Gasteiger partial charge >= 0.3 is 0 Å². The molecular weight excluding hydrogens is 260 g/mol. The normalized spacial score (nSPS) is 22.5. The van der Waals surface area contributed by atoms with E-state index in [-0.39, 0.29) is 17.2 Å². The van der Waals surface area contributed by atoms with Crippen molar-refractivity contribution < 1.29 is 8.42 Å². The van der Waals surface area contributed by atoms with Crippen molar-refractivity contribution in [2.75, 3.05) is 5.75 Å². The van der Waals surface area contributed by atoms with Crippen LogP contribution in [0.2, 0.25) is 0 Å². The molecule has 0 aliphatic heterocycles. The van der Waals surface area contributed by atoms with Gasteiger partial charge in [-0.05, 0) is 48.8 Å². The molecular formula is C14H22N2O2S. The van der Waals surface area contributed by atoms with Gasteiger partial charge in [0.2, 0.25) is 10.0 Å². The lowest BCUT2D eigenvalue weighted by atomic mass is 9.92. The SMILES string of the molecule is CC1(C)CCC(NS(=O)(=O)CCc2ccncc2)C1. The maximum Gasteiger partial charge on any atom is 0.212 e. The molecule has 1 heterocycles. The minimum Gasteiger partial charge on any atom is -0.265 e. The van der Waals surface area contributed by atoms with Crippen molar-refractivity contribution in [3.8, 4) is 0 Å². The van der Waals surface area contributed by atoms with Gasteiger partial charge in [0.05, 0.1) is 5.75 Å². The van der Waals surface area contributed by atoms with Crippen LogP contribution >= 0.6 is 0 Å². The average molecular weight is 282 g/mol. The van der Waals surface area contributed by atoms with E-state index in [4.69, 9.17) is 0 Å². The highest BCUT2D eigenvalue weighted by Gasteiger charge is 2.32. The summed E-state index contributed by atoms with van der Waals surface area (Å²) in [6.07, 6.45) is 6.88. The summed E-state index contributed by atoms with van der Waals surface area (Å²) in [4.78, 5) is 3.92. The third-order valence-electron chi connectivity index (χ3n) is 3.72. The molecule has 1 atom stereocenters. The average Bonchev–Trinajstić information content (AvgIpc) is 2.67. The molecule has 1 unspecified atom stereocenters. The number of sulfonamides is 1. The first-order chi connectivity index (χ1) is 8.86. The number of hydrogen-bond donors (Lipinski definition) is 1. The fourth-order valence-corrected chi connectivity index (χ4v) is 3.98. The zero-order valence-electron chi connectivity index (χ0n) is 11.6. The topological polar surface area (TPSA) is 59.1 Å². The van der Waals surface area contributed by atoms with Crippen LogP contribution in [0.15, 0.2) is 24.5 Å². The van der Waals surface area contributed by atoms with Gasteiger partial charge in [0.15, 0.2) is 0 Å². The van der Waals surface area contributed by atoms with Gasteiger partial charge < -0.3 is 0 Å². The summed E-state index contributed by atoms with van der Waals surface area (Å²) in [7, 11) is -3.18. The number of nitrogens with zero attached hydrogens (tertiary/aromatic N) is 1. The molecule has 1 fully saturated rings. The van der Waals surface area contributed by atoms with Crippen molar-refractivity contribution in [2.24, 2.45) is 5.41 Å². The molecule has 19 heavy (non-hydrogen) atoms. The van der Waals surface area contributed by atoms with Gasteiger partial charge in [0, 0.05) is 18.4 Å². The zero-order chi connectivity index (χ0) is 13.9. The van der Waals surface area contributed by atoms with E-state index < -0.39 is 10.0 Å². The van der Waals surface area contributed by atoms with Gasteiger partial charge in [-0.25, -0.2) is 13.1 Å². The fraction of sp³-hybridized carbons (Fsp3) is 0.643. The summed E-state index contributed by atoms with van der Waals surface area (Å²) in [5.74, 6) is 0.147. The van der Waals surface area contributed by atoms with Crippen LogP contribution in [0, 0.1) is 5.41 Å². The second-order valence-corrected chi connectivity index (χ2v) is 8.02. The highest BCUT2D eigenvalue weighted by atomic mass is 32.2. The van der Waals surface area contributed by atoms with Crippen LogP contribution in [0.3, 0.4) is 0 Å².